The monoisotopic (exact) mass is 351 g/mol. The minimum atomic E-state index is -0.571. The quantitative estimate of drug-likeness (QED) is 0.890. The average Bonchev–Trinajstić information content (AvgIpc) is 2.51. The summed E-state index contributed by atoms with van der Waals surface area (Å²) in [5.74, 6) is -0.326. The van der Waals surface area contributed by atoms with Gasteiger partial charge in [0, 0.05) is 16.6 Å². The van der Waals surface area contributed by atoms with Crippen molar-refractivity contribution in [2.45, 2.75) is 20.1 Å². The SMILES string of the molecule is Cc1c(Br)ccc(CNC(=O)OCc2ccccc2)c1F. The second-order valence-corrected chi connectivity index (χ2v) is 5.42. The minimum absolute atomic E-state index is 0.0908. The molecule has 0 saturated carbocycles. The highest BCUT2D eigenvalue weighted by atomic mass is 79.9. The van der Waals surface area contributed by atoms with Gasteiger partial charge in [-0.05, 0) is 24.1 Å². The Morgan fingerprint density at radius 2 is 1.95 bits per heavy atom. The molecule has 1 amide bonds. The molecule has 0 fully saturated rings. The Bertz CT molecular complexity index is 632. The maximum absolute atomic E-state index is 13.9. The summed E-state index contributed by atoms with van der Waals surface area (Å²) in [5.41, 5.74) is 1.85. The van der Waals surface area contributed by atoms with Gasteiger partial charge in [-0.1, -0.05) is 52.3 Å². The van der Waals surface area contributed by atoms with Crippen LogP contribution in [0.4, 0.5) is 9.18 Å². The van der Waals surface area contributed by atoms with Crippen LogP contribution in [0.1, 0.15) is 16.7 Å². The minimum Gasteiger partial charge on any atom is -0.445 e. The number of halogens is 2. The smallest absolute Gasteiger partial charge is 0.407 e. The standard InChI is InChI=1S/C16H15BrFNO2/c1-11-14(17)8-7-13(15(11)18)9-19-16(20)21-10-12-5-3-2-4-6-12/h2-8H,9-10H2,1H3,(H,19,20). The molecule has 0 atom stereocenters. The zero-order valence-corrected chi connectivity index (χ0v) is 13.1. The summed E-state index contributed by atoms with van der Waals surface area (Å²) in [6.45, 7) is 1.96. The highest BCUT2D eigenvalue weighted by Gasteiger charge is 2.10. The van der Waals surface area contributed by atoms with E-state index in [4.69, 9.17) is 4.74 Å². The Morgan fingerprint density at radius 1 is 1.24 bits per heavy atom. The van der Waals surface area contributed by atoms with E-state index in [1.165, 1.54) is 0 Å². The van der Waals surface area contributed by atoms with Crippen LogP contribution in [0.5, 0.6) is 0 Å². The Kier molecular flexibility index (Phi) is 5.33. The molecule has 0 bridgehead atoms. The molecule has 1 N–H and O–H groups in total. The number of hydrogen-bond acceptors (Lipinski definition) is 2. The number of rotatable bonds is 4. The number of ether oxygens (including phenoxy) is 1. The van der Waals surface area contributed by atoms with E-state index >= 15 is 0 Å². The summed E-state index contributed by atoms with van der Waals surface area (Å²) in [5, 5.41) is 2.54. The van der Waals surface area contributed by atoms with Gasteiger partial charge in [-0.3, -0.25) is 0 Å². The van der Waals surface area contributed by atoms with Crippen LogP contribution in [0, 0.1) is 12.7 Å². The third-order valence-corrected chi connectivity index (χ3v) is 3.90. The van der Waals surface area contributed by atoms with Crippen molar-refractivity contribution >= 4 is 22.0 Å². The lowest BCUT2D eigenvalue weighted by Gasteiger charge is -2.09. The first kappa shape index (κ1) is 15.5. The highest BCUT2D eigenvalue weighted by Crippen LogP contribution is 2.21. The zero-order valence-electron chi connectivity index (χ0n) is 11.5. The summed E-state index contributed by atoms with van der Waals surface area (Å²) in [6.07, 6.45) is -0.571. The van der Waals surface area contributed by atoms with Crippen molar-refractivity contribution in [1.82, 2.24) is 5.32 Å². The molecule has 0 spiro atoms. The normalized spacial score (nSPS) is 10.2. The van der Waals surface area contributed by atoms with Crippen LogP contribution in [-0.2, 0) is 17.9 Å². The lowest BCUT2D eigenvalue weighted by atomic mass is 10.1. The average molecular weight is 352 g/mol. The topological polar surface area (TPSA) is 38.3 Å². The Morgan fingerprint density at radius 3 is 2.67 bits per heavy atom. The van der Waals surface area contributed by atoms with E-state index in [0.717, 1.165) is 5.56 Å². The van der Waals surface area contributed by atoms with Crippen LogP contribution < -0.4 is 5.32 Å². The molecule has 0 aliphatic carbocycles. The number of alkyl carbamates (subject to hydrolysis) is 1. The second-order valence-electron chi connectivity index (χ2n) is 4.56. The highest BCUT2D eigenvalue weighted by molar-refractivity contribution is 9.10. The molecule has 0 aromatic heterocycles. The van der Waals surface area contributed by atoms with Gasteiger partial charge in [0.15, 0.2) is 0 Å². The van der Waals surface area contributed by atoms with Gasteiger partial charge in [-0.25, -0.2) is 9.18 Å². The molecule has 0 heterocycles. The number of carbonyl (C=O) groups is 1. The van der Waals surface area contributed by atoms with E-state index in [1.807, 2.05) is 30.3 Å². The van der Waals surface area contributed by atoms with Crippen LogP contribution in [0.15, 0.2) is 46.9 Å². The molecule has 0 unspecified atom stereocenters. The van der Waals surface area contributed by atoms with Crippen molar-refractivity contribution < 1.29 is 13.9 Å². The molecule has 0 radical (unpaired) electrons. The zero-order chi connectivity index (χ0) is 15.2. The molecular formula is C16H15BrFNO2. The first-order valence-corrected chi connectivity index (χ1v) is 7.25. The molecule has 0 aliphatic rings. The third-order valence-electron chi connectivity index (χ3n) is 3.04. The molecule has 2 rings (SSSR count). The number of carbonyl (C=O) groups excluding carboxylic acids is 1. The van der Waals surface area contributed by atoms with Crippen molar-refractivity contribution in [1.29, 1.82) is 0 Å². The molecule has 3 nitrogen and oxygen atoms in total. The molecule has 21 heavy (non-hydrogen) atoms. The van der Waals surface area contributed by atoms with E-state index in [9.17, 15) is 9.18 Å². The lowest BCUT2D eigenvalue weighted by Crippen LogP contribution is -2.24. The van der Waals surface area contributed by atoms with Crippen molar-refractivity contribution in [2.24, 2.45) is 0 Å². The predicted molar refractivity (Wildman–Crippen MR) is 82.3 cm³/mol. The van der Waals surface area contributed by atoms with E-state index in [1.54, 1.807) is 19.1 Å². The van der Waals surface area contributed by atoms with Crippen LogP contribution >= 0.6 is 15.9 Å². The molecule has 2 aromatic carbocycles. The Hall–Kier alpha value is -1.88. The summed E-state index contributed by atoms with van der Waals surface area (Å²) in [7, 11) is 0. The molecule has 0 saturated heterocycles. The van der Waals surface area contributed by atoms with Gasteiger partial charge in [-0.2, -0.15) is 0 Å². The predicted octanol–water partition coefficient (Wildman–Crippen LogP) is 4.32. The molecule has 110 valence electrons. The Labute approximate surface area is 131 Å². The van der Waals surface area contributed by atoms with E-state index in [-0.39, 0.29) is 19.0 Å². The molecular weight excluding hydrogens is 337 g/mol. The van der Waals surface area contributed by atoms with Gasteiger partial charge in [0.25, 0.3) is 0 Å². The first-order chi connectivity index (χ1) is 10.1. The maximum atomic E-state index is 13.9. The van der Waals surface area contributed by atoms with E-state index in [0.29, 0.717) is 15.6 Å². The summed E-state index contributed by atoms with van der Waals surface area (Å²) < 4.78 is 19.7. The Balaban J connectivity index is 1.86. The lowest BCUT2D eigenvalue weighted by molar-refractivity contribution is 0.139. The number of nitrogens with one attached hydrogen (secondary N) is 1. The van der Waals surface area contributed by atoms with Crippen molar-refractivity contribution in [2.75, 3.05) is 0 Å². The fourth-order valence-electron chi connectivity index (χ4n) is 1.80. The number of hydrogen-bond donors (Lipinski definition) is 1. The molecule has 2 aromatic rings. The van der Waals surface area contributed by atoms with Crippen LogP contribution in [0.2, 0.25) is 0 Å². The van der Waals surface area contributed by atoms with Gasteiger partial charge < -0.3 is 10.1 Å². The van der Waals surface area contributed by atoms with Crippen LogP contribution in [-0.4, -0.2) is 6.09 Å². The fraction of sp³-hybridized carbons (Fsp3) is 0.188. The van der Waals surface area contributed by atoms with E-state index < -0.39 is 6.09 Å². The van der Waals surface area contributed by atoms with Crippen LogP contribution in [0.25, 0.3) is 0 Å². The van der Waals surface area contributed by atoms with Crippen molar-refractivity contribution in [3.05, 3.63) is 69.4 Å². The van der Waals surface area contributed by atoms with Crippen molar-refractivity contribution in [3.8, 4) is 0 Å². The number of benzene rings is 2. The summed E-state index contributed by atoms with van der Waals surface area (Å²) in [4.78, 5) is 11.6. The fourth-order valence-corrected chi connectivity index (χ4v) is 2.10. The molecule has 0 aliphatic heterocycles. The summed E-state index contributed by atoms with van der Waals surface area (Å²) in [6, 6.07) is 12.8. The van der Waals surface area contributed by atoms with Gasteiger partial charge in [0.05, 0.1) is 0 Å². The third kappa shape index (κ3) is 4.29. The molecule has 5 heteroatoms. The van der Waals surface area contributed by atoms with Gasteiger partial charge in [-0.15, -0.1) is 0 Å². The summed E-state index contributed by atoms with van der Waals surface area (Å²) >= 11 is 3.26. The van der Waals surface area contributed by atoms with Gasteiger partial charge in [0.1, 0.15) is 12.4 Å². The van der Waals surface area contributed by atoms with E-state index in [2.05, 4.69) is 21.2 Å². The van der Waals surface area contributed by atoms with Crippen LogP contribution in [0.3, 0.4) is 0 Å². The maximum Gasteiger partial charge on any atom is 0.407 e. The first-order valence-electron chi connectivity index (χ1n) is 6.46. The van der Waals surface area contributed by atoms with Crippen molar-refractivity contribution in [3.63, 3.8) is 0 Å². The second kappa shape index (κ2) is 7.22. The largest absolute Gasteiger partial charge is 0.445 e. The van der Waals surface area contributed by atoms with Gasteiger partial charge in [0.2, 0.25) is 0 Å². The van der Waals surface area contributed by atoms with Gasteiger partial charge >= 0.3 is 6.09 Å². The number of amides is 1.